The Hall–Kier alpha value is -2.66. The van der Waals surface area contributed by atoms with E-state index in [1.54, 1.807) is 14.2 Å². The molecule has 2 heterocycles. The Morgan fingerprint density at radius 2 is 2.00 bits per heavy atom. The summed E-state index contributed by atoms with van der Waals surface area (Å²) in [7, 11) is 3.45. The van der Waals surface area contributed by atoms with Crippen LogP contribution in [0.5, 0.6) is 11.5 Å². The minimum Gasteiger partial charge on any atom is -0.497 e. The van der Waals surface area contributed by atoms with Gasteiger partial charge in [0.25, 0.3) is 0 Å². The van der Waals surface area contributed by atoms with Crippen LogP contribution < -0.4 is 14.4 Å². The van der Waals surface area contributed by atoms with Crippen LogP contribution in [0.2, 0.25) is 0 Å². The number of aromatic nitrogens is 1. The first-order valence-electron chi connectivity index (χ1n) is 9.81. The summed E-state index contributed by atoms with van der Waals surface area (Å²) in [6.45, 7) is 3.94. The van der Waals surface area contributed by atoms with Gasteiger partial charge in [-0.1, -0.05) is 18.2 Å². The number of anilines is 1. The number of rotatable bonds is 5. The molecule has 0 fully saturated rings. The van der Waals surface area contributed by atoms with Crippen molar-refractivity contribution < 1.29 is 9.47 Å². The van der Waals surface area contributed by atoms with Crippen molar-refractivity contribution in [3.63, 3.8) is 0 Å². The molecule has 4 nitrogen and oxygen atoms in total. The summed E-state index contributed by atoms with van der Waals surface area (Å²) in [4.78, 5) is 7.99. The number of aryl methyl sites for hydroxylation is 1. The quantitative estimate of drug-likeness (QED) is 0.547. The molecule has 0 bridgehead atoms. The Balaban J connectivity index is 1.67. The molecule has 0 saturated carbocycles. The zero-order valence-electron chi connectivity index (χ0n) is 17.1. The number of hydrogen-bond donors (Lipinski definition) is 0. The molecule has 0 spiro atoms. The summed E-state index contributed by atoms with van der Waals surface area (Å²) < 4.78 is 11.0. The second-order valence-corrected chi connectivity index (χ2v) is 8.49. The second-order valence-electron chi connectivity index (χ2n) is 7.24. The molecule has 0 radical (unpaired) electrons. The summed E-state index contributed by atoms with van der Waals surface area (Å²) in [6, 6.07) is 17.1. The molecule has 0 unspecified atom stereocenters. The van der Waals surface area contributed by atoms with Crippen molar-refractivity contribution >= 4 is 17.4 Å². The Morgan fingerprint density at radius 1 is 1.10 bits per heavy atom. The van der Waals surface area contributed by atoms with Crippen LogP contribution in [0, 0.1) is 6.92 Å². The third-order valence-corrected chi connectivity index (χ3v) is 6.70. The molecule has 4 rings (SSSR count). The van der Waals surface area contributed by atoms with E-state index in [1.165, 1.54) is 27.3 Å². The highest BCUT2D eigenvalue weighted by molar-refractivity contribution is 7.99. The fourth-order valence-corrected chi connectivity index (χ4v) is 5.11. The van der Waals surface area contributed by atoms with E-state index >= 15 is 0 Å². The Kier molecular flexibility index (Phi) is 5.95. The van der Waals surface area contributed by atoms with Crippen LogP contribution in [-0.4, -0.2) is 25.7 Å². The number of pyridine rings is 1. The molecule has 5 heteroatoms. The standard InChI is InChI=1S/C24H26N2O2S/c1-17-13-19(6-9-22(17)28-3)23-10-12-26(16-18-5-4-11-25-15-18)21-8-7-20(27-2)14-24(21)29-23/h4-9,11,13-15,23H,10,12,16H2,1-3H3/t23-/m0/s1. The molecule has 0 N–H and O–H groups in total. The lowest BCUT2D eigenvalue weighted by molar-refractivity contribution is 0.411. The van der Waals surface area contributed by atoms with E-state index in [0.717, 1.165) is 31.0 Å². The van der Waals surface area contributed by atoms with Crippen molar-refractivity contribution in [2.24, 2.45) is 0 Å². The smallest absolute Gasteiger partial charge is 0.121 e. The van der Waals surface area contributed by atoms with Crippen molar-refractivity contribution in [3.05, 3.63) is 77.6 Å². The lowest BCUT2D eigenvalue weighted by atomic mass is 10.1. The van der Waals surface area contributed by atoms with Gasteiger partial charge >= 0.3 is 0 Å². The first kappa shape index (κ1) is 19.6. The molecule has 2 aromatic carbocycles. The molecule has 0 aliphatic carbocycles. The molecule has 29 heavy (non-hydrogen) atoms. The maximum Gasteiger partial charge on any atom is 0.121 e. The highest BCUT2D eigenvalue weighted by Gasteiger charge is 2.24. The first-order chi connectivity index (χ1) is 14.2. The van der Waals surface area contributed by atoms with Gasteiger partial charge in [-0.25, -0.2) is 0 Å². The molecule has 1 atom stereocenters. The van der Waals surface area contributed by atoms with Crippen LogP contribution in [0.3, 0.4) is 0 Å². The van der Waals surface area contributed by atoms with E-state index in [1.807, 2.05) is 36.3 Å². The lowest BCUT2D eigenvalue weighted by Crippen LogP contribution is -2.24. The average molecular weight is 407 g/mol. The fraction of sp³-hybridized carbons (Fsp3) is 0.292. The normalized spacial score (nSPS) is 16.1. The lowest BCUT2D eigenvalue weighted by Gasteiger charge is -2.25. The van der Waals surface area contributed by atoms with E-state index in [-0.39, 0.29) is 0 Å². The van der Waals surface area contributed by atoms with Gasteiger partial charge < -0.3 is 14.4 Å². The number of hydrogen-bond acceptors (Lipinski definition) is 5. The topological polar surface area (TPSA) is 34.6 Å². The van der Waals surface area contributed by atoms with E-state index < -0.39 is 0 Å². The van der Waals surface area contributed by atoms with Crippen LogP contribution in [0.25, 0.3) is 0 Å². The van der Waals surface area contributed by atoms with Crippen molar-refractivity contribution in [2.75, 3.05) is 25.7 Å². The molecular weight excluding hydrogens is 380 g/mol. The number of fused-ring (bicyclic) bond motifs is 1. The predicted octanol–water partition coefficient (Wildman–Crippen LogP) is 5.65. The molecule has 1 aromatic heterocycles. The van der Waals surface area contributed by atoms with Crippen LogP contribution >= 0.6 is 11.8 Å². The van der Waals surface area contributed by atoms with Crippen molar-refractivity contribution in [1.29, 1.82) is 0 Å². The largest absolute Gasteiger partial charge is 0.497 e. The van der Waals surface area contributed by atoms with Crippen molar-refractivity contribution in [2.45, 2.75) is 30.0 Å². The zero-order chi connectivity index (χ0) is 20.2. The predicted molar refractivity (Wildman–Crippen MR) is 119 cm³/mol. The molecule has 150 valence electrons. The third-order valence-electron chi connectivity index (χ3n) is 5.33. The van der Waals surface area contributed by atoms with Crippen LogP contribution in [0.15, 0.2) is 65.8 Å². The summed E-state index contributed by atoms with van der Waals surface area (Å²) in [5, 5.41) is 0.379. The number of thioether (sulfide) groups is 1. The Bertz CT molecular complexity index is 978. The number of ether oxygens (including phenoxy) is 2. The molecule has 3 aromatic rings. The molecule has 1 aliphatic rings. The average Bonchev–Trinajstić information content (AvgIpc) is 2.93. The van der Waals surface area contributed by atoms with Gasteiger partial charge in [-0.15, -0.1) is 11.8 Å². The minimum absolute atomic E-state index is 0.379. The van der Waals surface area contributed by atoms with E-state index in [2.05, 4.69) is 53.2 Å². The van der Waals surface area contributed by atoms with Gasteiger partial charge in [-0.05, 0) is 60.4 Å². The minimum atomic E-state index is 0.379. The van der Waals surface area contributed by atoms with Crippen LogP contribution in [-0.2, 0) is 6.54 Å². The second kappa shape index (κ2) is 8.78. The molecule has 1 aliphatic heterocycles. The van der Waals surface area contributed by atoms with E-state index in [4.69, 9.17) is 9.47 Å². The van der Waals surface area contributed by atoms with Gasteiger partial charge in [0.05, 0.1) is 19.9 Å². The molecule has 0 saturated heterocycles. The van der Waals surface area contributed by atoms with Gasteiger partial charge in [0.2, 0.25) is 0 Å². The van der Waals surface area contributed by atoms with Gasteiger partial charge in [-0.3, -0.25) is 4.98 Å². The maximum absolute atomic E-state index is 5.51. The Morgan fingerprint density at radius 3 is 2.72 bits per heavy atom. The van der Waals surface area contributed by atoms with Gasteiger partial charge in [0.15, 0.2) is 0 Å². The zero-order valence-corrected chi connectivity index (χ0v) is 17.9. The summed E-state index contributed by atoms with van der Waals surface area (Å²) >= 11 is 1.92. The van der Waals surface area contributed by atoms with Crippen LogP contribution in [0.1, 0.15) is 28.4 Å². The number of nitrogens with zero attached hydrogens (tertiary/aromatic N) is 2. The number of methoxy groups -OCH3 is 2. The first-order valence-corrected chi connectivity index (χ1v) is 10.7. The van der Waals surface area contributed by atoms with Gasteiger partial charge in [0.1, 0.15) is 11.5 Å². The number of benzene rings is 2. The summed E-state index contributed by atoms with van der Waals surface area (Å²) in [5.74, 6) is 1.83. The molecule has 0 amide bonds. The third kappa shape index (κ3) is 4.35. The van der Waals surface area contributed by atoms with Crippen molar-refractivity contribution in [3.8, 4) is 11.5 Å². The maximum atomic E-state index is 5.51. The highest BCUT2D eigenvalue weighted by atomic mass is 32.2. The monoisotopic (exact) mass is 406 g/mol. The van der Waals surface area contributed by atoms with E-state index in [0.29, 0.717) is 5.25 Å². The SMILES string of the molecule is COc1ccc2c(c1)S[C@H](c1ccc(OC)c(C)c1)CCN2Cc1cccnc1. The fourth-order valence-electron chi connectivity index (χ4n) is 3.80. The van der Waals surface area contributed by atoms with Gasteiger partial charge in [-0.2, -0.15) is 0 Å². The summed E-state index contributed by atoms with van der Waals surface area (Å²) in [6.07, 6.45) is 4.84. The highest BCUT2D eigenvalue weighted by Crippen LogP contribution is 2.47. The van der Waals surface area contributed by atoms with E-state index in [9.17, 15) is 0 Å². The van der Waals surface area contributed by atoms with Crippen molar-refractivity contribution in [1.82, 2.24) is 4.98 Å². The van der Waals surface area contributed by atoms with Gasteiger partial charge in [0, 0.05) is 35.6 Å². The summed E-state index contributed by atoms with van der Waals surface area (Å²) in [5.41, 5.74) is 4.99. The van der Waals surface area contributed by atoms with Crippen LogP contribution in [0.4, 0.5) is 5.69 Å². The molecular formula is C24H26N2O2S. The Labute approximate surface area is 176 Å².